The summed E-state index contributed by atoms with van der Waals surface area (Å²) < 4.78 is 5.62. The van der Waals surface area contributed by atoms with Crippen LogP contribution in [0, 0.1) is 0 Å². The van der Waals surface area contributed by atoms with Gasteiger partial charge in [-0.25, -0.2) is 0 Å². The minimum Gasteiger partial charge on any atom is -0.389 e. The Balaban J connectivity index is 2.37. The second-order valence-corrected chi connectivity index (χ2v) is 6.02. The largest absolute Gasteiger partial charge is 0.389 e. The molecule has 5 heteroatoms. The van der Waals surface area contributed by atoms with E-state index in [2.05, 4.69) is 11.8 Å². The van der Waals surface area contributed by atoms with Gasteiger partial charge in [-0.2, -0.15) is 0 Å². The van der Waals surface area contributed by atoms with Crippen molar-refractivity contribution in [2.75, 3.05) is 25.1 Å². The summed E-state index contributed by atoms with van der Waals surface area (Å²) in [6.45, 7) is 3.92. The summed E-state index contributed by atoms with van der Waals surface area (Å²) in [7, 11) is 1.76. The molecule has 1 heterocycles. The Bertz CT molecular complexity index is 494. The smallest absolute Gasteiger partial charge is 0.107 e. The summed E-state index contributed by atoms with van der Waals surface area (Å²) >= 11 is 11.4. The van der Waals surface area contributed by atoms with Crippen molar-refractivity contribution in [3.8, 4) is 0 Å². The third-order valence-corrected chi connectivity index (χ3v) is 4.25. The standard InChI is InChI=1S/C14H19ClN2OS/c1-14(18-2)7-4-8-17(9-14)11-6-3-5-10(15)12(11)13(16)19/h3,5-6H,4,7-9H2,1-2H3,(H2,16,19). The van der Waals surface area contributed by atoms with Crippen molar-refractivity contribution in [1.29, 1.82) is 0 Å². The lowest BCUT2D eigenvalue weighted by molar-refractivity contribution is -0.00465. The molecule has 2 rings (SSSR count). The van der Waals surface area contributed by atoms with Crippen molar-refractivity contribution in [1.82, 2.24) is 0 Å². The first-order valence-electron chi connectivity index (χ1n) is 6.35. The molecule has 0 radical (unpaired) electrons. The Kier molecular flexibility index (Phi) is 4.33. The predicted molar refractivity (Wildman–Crippen MR) is 84.2 cm³/mol. The van der Waals surface area contributed by atoms with Crippen molar-refractivity contribution in [2.45, 2.75) is 25.4 Å². The number of nitrogens with zero attached hydrogens (tertiary/aromatic N) is 1. The second kappa shape index (κ2) is 5.65. The molecule has 1 aliphatic heterocycles. The Labute approximate surface area is 124 Å². The number of benzene rings is 1. The molecule has 1 aromatic rings. The maximum Gasteiger partial charge on any atom is 0.107 e. The molecule has 19 heavy (non-hydrogen) atoms. The van der Waals surface area contributed by atoms with E-state index >= 15 is 0 Å². The van der Waals surface area contributed by atoms with E-state index in [-0.39, 0.29) is 5.60 Å². The summed E-state index contributed by atoms with van der Waals surface area (Å²) in [4.78, 5) is 2.60. The molecule has 1 aliphatic rings. The van der Waals surface area contributed by atoms with E-state index in [1.54, 1.807) is 7.11 Å². The molecule has 104 valence electrons. The van der Waals surface area contributed by atoms with E-state index in [1.807, 2.05) is 18.2 Å². The second-order valence-electron chi connectivity index (χ2n) is 5.18. The van der Waals surface area contributed by atoms with Crippen LogP contribution in [0.4, 0.5) is 5.69 Å². The van der Waals surface area contributed by atoms with Crippen molar-refractivity contribution in [2.24, 2.45) is 5.73 Å². The lowest BCUT2D eigenvalue weighted by atomic mass is 9.94. The highest BCUT2D eigenvalue weighted by molar-refractivity contribution is 7.80. The Morgan fingerprint density at radius 3 is 2.89 bits per heavy atom. The zero-order valence-electron chi connectivity index (χ0n) is 11.3. The maximum atomic E-state index is 6.22. The van der Waals surface area contributed by atoms with Gasteiger partial charge >= 0.3 is 0 Å². The molecule has 0 aromatic heterocycles. The van der Waals surface area contributed by atoms with Gasteiger partial charge in [0.25, 0.3) is 0 Å². The van der Waals surface area contributed by atoms with Gasteiger partial charge in [-0.1, -0.05) is 29.9 Å². The van der Waals surface area contributed by atoms with Crippen LogP contribution in [0.2, 0.25) is 5.02 Å². The number of anilines is 1. The number of ether oxygens (including phenoxy) is 1. The van der Waals surface area contributed by atoms with Crippen molar-refractivity contribution >= 4 is 34.5 Å². The van der Waals surface area contributed by atoms with Gasteiger partial charge in [-0.3, -0.25) is 0 Å². The van der Waals surface area contributed by atoms with Gasteiger partial charge in [-0.05, 0) is 31.9 Å². The van der Waals surface area contributed by atoms with Crippen LogP contribution in [0.25, 0.3) is 0 Å². The van der Waals surface area contributed by atoms with Crippen molar-refractivity contribution < 1.29 is 4.74 Å². The monoisotopic (exact) mass is 298 g/mol. The maximum absolute atomic E-state index is 6.22. The highest BCUT2D eigenvalue weighted by atomic mass is 35.5. The van der Waals surface area contributed by atoms with E-state index in [9.17, 15) is 0 Å². The highest BCUT2D eigenvalue weighted by Crippen LogP contribution is 2.32. The van der Waals surface area contributed by atoms with Gasteiger partial charge < -0.3 is 15.4 Å². The number of methoxy groups -OCH3 is 1. The lowest BCUT2D eigenvalue weighted by Gasteiger charge is -2.41. The Hall–Kier alpha value is -0.840. The van der Waals surface area contributed by atoms with E-state index in [1.165, 1.54) is 0 Å². The molecule has 0 spiro atoms. The summed E-state index contributed by atoms with van der Waals surface area (Å²) in [5.41, 5.74) is 7.45. The molecule has 1 fully saturated rings. The molecule has 1 saturated heterocycles. The number of nitrogens with two attached hydrogens (primary N) is 1. The zero-order valence-corrected chi connectivity index (χ0v) is 12.9. The summed E-state index contributed by atoms with van der Waals surface area (Å²) in [5.74, 6) is 0. The average Bonchev–Trinajstić information content (AvgIpc) is 2.38. The first-order chi connectivity index (χ1) is 8.97. The number of thiocarbonyl (C=S) groups is 1. The molecular weight excluding hydrogens is 280 g/mol. The van der Waals surface area contributed by atoms with E-state index in [4.69, 9.17) is 34.3 Å². The van der Waals surface area contributed by atoms with Gasteiger partial charge in [0, 0.05) is 25.9 Å². The predicted octanol–water partition coefficient (Wildman–Crippen LogP) is 2.98. The summed E-state index contributed by atoms with van der Waals surface area (Å²) in [6, 6.07) is 5.76. The number of halogens is 1. The third-order valence-electron chi connectivity index (χ3n) is 3.73. The molecular formula is C14H19ClN2OS. The molecule has 2 N–H and O–H groups in total. The van der Waals surface area contributed by atoms with Crippen LogP contribution in [0.15, 0.2) is 18.2 Å². The van der Waals surface area contributed by atoms with Gasteiger partial charge in [-0.15, -0.1) is 0 Å². The fourth-order valence-electron chi connectivity index (χ4n) is 2.60. The number of hydrogen-bond acceptors (Lipinski definition) is 3. The van der Waals surface area contributed by atoms with Gasteiger partial charge in [0.15, 0.2) is 0 Å². The number of rotatable bonds is 3. The average molecular weight is 299 g/mol. The van der Waals surface area contributed by atoms with Gasteiger partial charge in [0.2, 0.25) is 0 Å². The Morgan fingerprint density at radius 2 is 2.26 bits per heavy atom. The van der Waals surface area contributed by atoms with Crippen LogP contribution in [-0.4, -0.2) is 30.8 Å². The van der Waals surface area contributed by atoms with Crippen molar-refractivity contribution in [3.63, 3.8) is 0 Å². The third kappa shape index (κ3) is 3.02. The topological polar surface area (TPSA) is 38.5 Å². The van der Waals surface area contributed by atoms with Crippen LogP contribution in [0.3, 0.4) is 0 Å². The van der Waals surface area contributed by atoms with Crippen LogP contribution < -0.4 is 10.6 Å². The Morgan fingerprint density at radius 1 is 1.53 bits per heavy atom. The van der Waals surface area contributed by atoms with Gasteiger partial charge in [0.05, 0.1) is 16.2 Å². The van der Waals surface area contributed by atoms with E-state index in [0.717, 1.165) is 37.2 Å². The SMILES string of the molecule is COC1(C)CCCN(c2cccc(Cl)c2C(N)=S)C1. The van der Waals surface area contributed by atoms with Crippen LogP contribution in [0.1, 0.15) is 25.3 Å². The molecule has 1 aromatic carbocycles. The number of piperidine rings is 1. The normalized spacial score (nSPS) is 23.4. The molecule has 0 amide bonds. The van der Waals surface area contributed by atoms with E-state index in [0.29, 0.717) is 10.0 Å². The minimum atomic E-state index is -0.131. The van der Waals surface area contributed by atoms with Gasteiger partial charge in [0.1, 0.15) is 4.99 Å². The summed E-state index contributed by atoms with van der Waals surface area (Å²) in [6.07, 6.45) is 2.14. The van der Waals surface area contributed by atoms with Crippen LogP contribution in [0.5, 0.6) is 0 Å². The summed E-state index contributed by atoms with van der Waals surface area (Å²) in [5, 5.41) is 0.606. The highest BCUT2D eigenvalue weighted by Gasteiger charge is 2.32. The van der Waals surface area contributed by atoms with Crippen LogP contribution >= 0.6 is 23.8 Å². The molecule has 3 nitrogen and oxygen atoms in total. The molecule has 0 bridgehead atoms. The molecule has 1 unspecified atom stereocenters. The van der Waals surface area contributed by atoms with E-state index < -0.39 is 0 Å². The molecule has 1 atom stereocenters. The lowest BCUT2D eigenvalue weighted by Crippen LogP contribution is -2.48. The fourth-order valence-corrected chi connectivity index (χ4v) is 3.14. The van der Waals surface area contributed by atoms with Crippen LogP contribution in [-0.2, 0) is 4.74 Å². The quantitative estimate of drug-likeness (QED) is 0.871. The molecule has 0 saturated carbocycles. The molecule has 0 aliphatic carbocycles. The van der Waals surface area contributed by atoms with Crippen molar-refractivity contribution in [3.05, 3.63) is 28.8 Å². The number of hydrogen-bond donors (Lipinski definition) is 1. The minimum absolute atomic E-state index is 0.131. The first-order valence-corrected chi connectivity index (χ1v) is 7.14. The zero-order chi connectivity index (χ0) is 14.0. The first kappa shape index (κ1) is 14.6. The fraction of sp³-hybridized carbons (Fsp3) is 0.500.